The van der Waals surface area contributed by atoms with Crippen LogP contribution >= 0.6 is 0 Å². The minimum absolute atomic E-state index is 0.259. The Balaban J connectivity index is 2.03. The summed E-state index contributed by atoms with van der Waals surface area (Å²) < 4.78 is 13.1. The van der Waals surface area contributed by atoms with Crippen LogP contribution in [0.15, 0.2) is 42.6 Å². The molecule has 18 heavy (non-hydrogen) atoms. The molecule has 0 aliphatic heterocycles. The monoisotopic (exact) mass is 245 g/mol. The van der Waals surface area contributed by atoms with Gasteiger partial charge in [-0.2, -0.15) is 0 Å². The van der Waals surface area contributed by atoms with Crippen LogP contribution in [-0.2, 0) is 13.1 Å². The number of aromatic nitrogens is 1. The molecular formula is C14H16FN3. The lowest BCUT2D eigenvalue weighted by atomic mass is 10.1. The predicted molar refractivity (Wildman–Crippen MR) is 70.2 cm³/mol. The van der Waals surface area contributed by atoms with Gasteiger partial charge in [0, 0.05) is 25.0 Å². The van der Waals surface area contributed by atoms with Crippen molar-refractivity contribution < 1.29 is 4.39 Å². The first kappa shape index (κ1) is 12.5. The highest BCUT2D eigenvalue weighted by atomic mass is 19.1. The van der Waals surface area contributed by atoms with Crippen molar-refractivity contribution in [3.8, 4) is 0 Å². The van der Waals surface area contributed by atoms with Gasteiger partial charge >= 0.3 is 0 Å². The molecule has 2 rings (SSSR count). The fourth-order valence-corrected chi connectivity index (χ4v) is 1.83. The molecule has 0 unspecified atom stereocenters. The Morgan fingerprint density at radius 2 is 2.06 bits per heavy atom. The molecule has 0 spiro atoms. The third kappa shape index (κ3) is 3.28. The quantitative estimate of drug-likeness (QED) is 0.841. The van der Waals surface area contributed by atoms with Crippen LogP contribution in [0, 0.1) is 5.82 Å². The van der Waals surface area contributed by atoms with Gasteiger partial charge in [0.25, 0.3) is 0 Å². The summed E-state index contributed by atoms with van der Waals surface area (Å²) in [5.41, 5.74) is 8.22. The van der Waals surface area contributed by atoms with Gasteiger partial charge in [0.15, 0.2) is 0 Å². The van der Waals surface area contributed by atoms with Crippen LogP contribution in [0.4, 0.5) is 10.1 Å². The zero-order valence-corrected chi connectivity index (χ0v) is 10.3. The van der Waals surface area contributed by atoms with Gasteiger partial charge in [-0.1, -0.05) is 6.07 Å². The van der Waals surface area contributed by atoms with Crippen LogP contribution in [0.5, 0.6) is 0 Å². The van der Waals surface area contributed by atoms with Gasteiger partial charge < -0.3 is 5.73 Å². The molecular weight excluding hydrogens is 229 g/mol. The van der Waals surface area contributed by atoms with Crippen molar-refractivity contribution in [2.75, 3.05) is 12.8 Å². The van der Waals surface area contributed by atoms with Crippen molar-refractivity contribution in [3.63, 3.8) is 0 Å². The normalized spacial score (nSPS) is 10.8. The fourth-order valence-electron chi connectivity index (χ4n) is 1.83. The summed E-state index contributed by atoms with van der Waals surface area (Å²) in [4.78, 5) is 6.30. The van der Waals surface area contributed by atoms with Crippen molar-refractivity contribution in [1.82, 2.24) is 9.88 Å². The van der Waals surface area contributed by atoms with Crippen LogP contribution < -0.4 is 5.73 Å². The van der Waals surface area contributed by atoms with Crippen molar-refractivity contribution in [2.45, 2.75) is 13.1 Å². The number of hydrogen-bond acceptors (Lipinski definition) is 3. The molecule has 1 aromatic carbocycles. The average Bonchev–Trinajstić information content (AvgIpc) is 2.35. The molecule has 0 radical (unpaired) electrons. The molecule has 0 fully saturated rings. The lowest BCUT2D eigenvalue weighted by Crippen LogP contribution is -2.18. The van der Waals surface area contributed by atoms with Crippen LogP contribution in [0.25, 0.3) is 0 Å². The number of nitrogen functional groups attached to an aromatic ring is 1. The van der Waals surface area contributed by atoms with Gasteiger partial charge in [-0.25, -0.2) is 4.39 Å². The maximum absolute atomic E-state index is 13.1. The zero-order valence-electron chi connectivity index (χ0n) is 10.3. The van der Waals surface area contributed by atoms with Crippen LogP contribution in [0.1, 0.15) is 11.3 Å². The van der Waals surface area contributed by atoms with E-state index in [4.69, 9.17) is 5.73 Å². The Kier molecular flexibility index (Phi) is 3.89. The van der Waals surface area contributed by atoms with Crippen molar-refractivity contribution in [2.24, 2.45) is 0 Å². The molecule has 2 N–H and O–H groups in total. The third-order valence-electron chi connectivity index (χ3n) is 2.70. The molecule has 0 saturated heterocycles. The Labute approximate surface area is 106 Å². The maximum Gasteiger partial charge on any atom is 0.123 e. The number of anilines is 1. The lowest BCUT2D eigenvalue weighted by molar-refractivity contribution is 0.315. The van der Waals surface area contributed by atoms with E-state index >= 15 is 0 Å². The molecule has 0 bridgehead atoms. The highest BCUT2D eigenvalue weighted by Crippen LogP contribution is 2.15. The Morgan fingerprint density at radius 1 is 1.22 bits per heavy atom. The number of rotatable bonds is 4. The summed E-state index contributed by atoms with van der Waals surface area (Å²) in [7, 11) is 1.96. The Morgan fingerprint density at radius 3 is 2.78 bits per heavy atom. The van der Waals surface area contributed by atoms with E-state index in [1.54, 1.807) is 12.3 Å². The molecule has 0 amide bonds. The number of halogens is 1. The minimum Gasteiger partial charge on any atom is -0.398 e. The highest BCUT2D eigenvalue weighted by Gasteiger charge is 2.06. The number of hydrogen-bond donors (Lipinski definition) is 1. The van der Waals surface area contributed by atoms with Gasteiger partial charge in [-0.15, -0.1) is 0 Å². The number of nitrogens with two attached hydrogens (primary N) is 1. The number of benzene rings is 1. The molecule has 0 atom stereocenters. The first-order valence-corrected chi connectivity index (χ1v) is 5.77. The lowest BCUT2D eigenvalue weighted by Gasteiger charge is -2.17. The molecule has 0 aliphatic rings. The Bertz CT molecular complexity index is 514. The maximum atomic E-state index is 13.1. The first-order valence-electron chi connectivity index (χ1n) is 5.77. The van der Waals surface area contributed by atoms with Gasteiger partial charge in [0.1, 0.15) is 5.82 Å². The topological polar surface area (TPSA) is 42.2 Å². The second-order valence-corrected chi connectivity index (χ2v) is 4.34. The fraction of sp³-hybridized carbons (Fsp3) is 0.214. The summed E-state index contributed by atoms with van der Waals surface area (Å²) in [6.07, 6.45) is 1.76. The van der Waals surface area contributed by atoms with E-state index in [1.807, 2.05) is 30.1 Å². The molecule has 0 saturated carbocycles. The second-order valence-electron chi connectivity index (χ2n) is 4.34. The summed E-state index contributed by atoms with van der Waals surface area (Å²) in [5.74, 6) is -0.259. The van der Waals surface area contributed by atoms with E-state index in [1.165, 1.54) is 12.1 Å². The van der Waals surface area contributed by atoms with E-state index in [0.717, 1.165) is 11.3 Å². The Hall–Kier alpha value is -1.94. The largest absolute Gasteiger partial charge is 0.398 e. The molecule has 4 heteroatoms. The van der Waals surface area contributed by atoms with E-state index in [0.29, 0.717) is 18.8 Å². The number of pyridine rings is 1. The van der Waals surface area contributed by atoms with Crippen molar-refractivity contribution >= 4 is 5.69 Å². The zero-order chi connectivity index (χ0) is 13.0. The van der Waals surface area contributed by atoms with Gasteiger partial charge in [-0.3, -0.25) is 9.88 Å². The predicted octanol–water partition coefficient (Wildman–Crippen LogP) is 2.43. The third-order valence-corrected chi connectivity index (χ3v) is 2.70. The molecule has 2 aromatic rings. The van der Waals surface area contributed by atoms with Crippen molar-refractivity contribution in [1.29, 1.82) is 0 Å². The molecule has 0 aliphatic carbocycles. The van der Waals surface area contributed by atoms with E-state index in [2.05, 4.69) is 4.98 Å². The minimum atomic E-state index is -0.259. The van der Waals surface area contributed by atoms with Gasteiger partial charge in [0.2, 0.25) is 0 Å². The number of nitrogens with zero attached hydrogens (tertiary/aromatic N) is 2. The SMILES string of the molecule is CN(Cc1ccccn1)Cc1cc(F)ccc1N. The highest BCUT2D eigenvalue weighted by molar-refractivity contribution is 5.46. The summed E-state index contributed by atoms with van der Waals surface area (Å²) in [6.45, 7) is 1.30. The standard InChI is InChI=1S/C14H16FN3/c1-18(10-13-4-2-3-7-17-13)9-11-8-12(15)5-6-14(11)16/h2-8H,9-10,16H2,1H3. The average molecular weight is 245 g/mol. The summed E-state index contributed by atoms with van der Waals surface area (Å²) in [5, 5.41) is 0. The summed E-state index contributed by atoms with van der Waals surface area (Å²) >= 11 is 0. The second kappa shape index (κ2) is 5.60. The van der Waals surface area contributed by atoms with Crippen molar-refractivity contribution in [3.05, 3.63) is 59.7 Å². The molecule has 1 heterocycles. The molecule has 1 aromatic heterocycles. The van der Waals surface area contributed by atoms with Gasteiger partial charge in [0.05, 0.1) is 5.69 Å². The smallest absolute Gasteiger partial charge is 0.123 e. The molecule has 3 nitrogen and oxygen atoms in total. The van der Waals surface area contributed by atoms with Crippen LogP contribution in [0.3, 0.4) is 0 Å². The van der Waals surface area contributed by atoms with Crippen LogP contribution in [-0.4, -0.2) is 16.9 Å². The van der Waals surface area contributed by atoms with Gasteiger partial charge in [-0.05, 0) is 42.9 Å². The first-order chi connectivity index (χ1) is 8.65. The van der Waals surface area contributed by atoms with E-state index in [-0.39, 0.29) is 5.82 Å². The van der Waals surface area contributed by atoms with E-state index < -0.39 is 0 Å². The molecule has 94 valence electrons. The van der Waals surface area contributed by atoms with E-state index in [9.17, 15) is 4.39 Å². The van der Waals surface area contributed by atoms with Crippen LogP contribution in [0.2, 0.25) is 0 Å². The summed E-state index contributed by atoms with van der Waals surface area (Å²) in [6, 6.07) is 10.2.